The van der Waals surface area contributed by atoms with E-state index in [1.54, 1.807) is 0 Å². The number of hydrogen-bond acceptors (Lipinski definition) is 4. The molecule has 0 aliphatic rings. The summed E-state index contributed by atoms with van der Waals surface area (Å²) in [5, 5.41) is 8.06. The van der Waals surface area contributed by atoms with Crippen molar-refractivity contribution in [3.05, 3.63) is 28.8 Å². The molecule has 110 valence electrons. The van der Waals surface area contributed by atoms with Gasteiger partial charge in [0.25, 0.3) is 0 Å². The highest BCUT2D eigenvalue weighted by Crippen LogP contribution is 2.31. The minimum atomic E-state index is -4.90. The minimum absolute atomic E-state index is 0.174. The van der Waals surface area contributed by atoms with Crippen molar-refractivity contribution in [2.45, 2.75) is 19.4 Å². The normalized spacial score (nSPS) is 11.0. The number of rotatable bonds is 5. The maximum Gasteiger partial charge on any atom is 0.573 e. The molecule has 0 radical (unpaired) electrons. The third kappa shape index (κ3) is 5.79. The Balaban J connectivity index is 2.70. The smallest absolute Gasteiger partial charge is 0.481 e. The average Bonchev–Trinajstić information content (AvgIpc) is 2.27. The lowest BCUT2D eigenvalue weighted by Gasteiger charge is -2.11. The summed E-state index contributed by atoms with van der Waals surface area (Å²) in [6.07, 6.45) is -5.73. The summed E-state index contributed by atoms with van der Waals surface area (Å²) < 4.78 is 44.5. The molecule has 0 saturated carbocycles. The zero-order chi connectivity index (χ0) is 15.3. The largest absolute Gasteiger partial charge is 0.573 e. The van der Waals surface area contributed by atoms with Crippen LogP contribution >= 0.6 is 11.6 Å². The summed E-state index contributed by atoms with van der Waals surface area (Å²) in [5.41, 5.74) is 0.174. The van der Waals surface area contributed by atoms with Gasteiger partial charge in [-0.3, -0.25) is 9.59 Å². The van der Waals surface area contributed by atoms with E-state index < -0.39 is 37.1 Å². The van der Waals surface area contributed by atoms with Gasteiger partial charge in [0, 0.05) is 0 Å². The number of carboxylic acids is 1. The van der Waals surface area contributed by atoms with E-state index in [-0.39, 0.29) is 10.6 Å². The fraction of sp³-hybridized carbons (Fsp3) is 0.273. The number of alkyl halides is 3. The molecule has 0 aromatic heterocycles. The van der Waals surface area contributed by atoms with Crippen molar-refractivity contribution in [1.82, 2.24) is 0 Å². The first-order chi connectivity index (χ1) is 9.17. The summed E-state index contributed by atoms with van der Waals surface area (Å²) in [5.74, 6) is -3.01. The van der Waals surface area contributed by atoms with E-state index in [1.165, 1.54) is 6.07 Å². The van der Waals surface area contributed by atoms with Crippen LogP contribution in [0.25, 0.3) is 0 Å². The van der Waals surface area contributed by atoms with Crippen molar-refractivity contribution >= 4 is 23.5 Å². The van der Waals surface area contributed by atoms with Crippen LogP contribution < -0.4 is 4.74 Å². The van der Waals surface area contributed by atoms with E-state index in [2.05, 4.69) is 9.47 Å². The Morgan fingerprint density at radius 3 is 2.50 bits per heavy atom. The Morgan fingerprint density at radius 1 is 1.30 bits per heavy atom. The number of aliphatic carboxylic acids is 1. The summed E-state index contributed by atoms with van der Waals surface area (Å²) in [6, 6.07) is 3.41. The van der Waals surface area contributed by atoms with E-state index in [1.807, 2.05) is 0 Å². The van der Waals surface area contributed by atoms with Gasteiger partial charge < -0.3 is 14.6 Å². The number of ether oxygens (including phenoxy) is 2. The van der Waals surface area contributed by atoms with Crippen LogP contribution in [-0.4, -0.2) is 23.4 Å². The van der Waals surface area contributed by atoms with Crippen molar-refractivity contribution in [3.8, 4) is 5.75 Å². The second-order valence-electron chi connectivity index (χ2n) is 3.54. The molecule has 1 rings (SSSR count). The van der Waals surface area contributed by atoms with Gasteiger partial charge in [0.2, 0.25) is 0 Å². The third-order valence-electron chi connectivity index (χ3n) is 1.92. The zero-order valence-electron chi connectivity index (χ0n) is 9.74. The molecule has 20 heavy (non-hydrogen) atoms. The highest BCUT2D eigenvalue weighted by molar-refractivity contribution is 6.32. The molecule has 0 spiro atoms. The second-order valence-corrected chi connectivity index (χ2v) is 3.95. The second kappa shape index (κ2) is 6.47. The monoisotopic (exact) mass is 312 g/mol. The first-order valence-electron chi connectivity index (χ1n) is 5.09. The molecule has 1 aromatic rings. The van der Waals surface area contributed by atoms with Gasteiger partial charge in [-0.15, -0.1) is 13.2 Å². The summed E-state index contributed by atoms with van der Waals surface area (Å²) in [7, 11) is 0. The van der Waals surface area contributed by atoms with Gasteiger partial charge in [-0.05, 0) is 17.7 Å². The predicted molar refractivity (Wildman–Crippen MR) is 60.2 cm³/mol. The number of carbonyl (C=O) groups is 2. The van der Waals surface area contributed by atoms with Crippen LogP contribution in [0.5, 0.6) is 5.75 Å². The lowest BCUT2D eigenvalue weighted by molar-refractivity contribution is -0.274. The number of halogens is 4. The number of carboxylic acid groups (broad SMARTS) is 1. The highest BCUT2D eigenvalue weighted by atomic mass is 35.5. The van der Waals surface area contributed by atoms with Gasteiger partial charge in [-0.2, -0.15) is 0 Å². The van der Waals surface area contributed by atoms with Gasteiger partial charge in [0.1, 0.15) is 18.8 Å². The number of esters is 1. The van der Waals surface area contributed by atoms with E-state index in [0.29, 0.717) is 0 Å². The van der Waals surface area contributed by atoms with Crippen LogP contribution in [0.4, 0.5) is 13.2 Å². The van der Waals surface area contributed by atoms with Crippen molar-refractivity contribution in [3.63, 3.8) is 0 Å². The topological polar surface area (TPSA) is 72.8 Å². The van der Waals surface area contributed by atoms with Crippen LogP contribution in [0, 0.1) is 0 Å². The Kier molecular flexibility index (Phi) is 5.20. The first kappa shape index (κ1) is 16.1. The van der Waals surface area contributed by atoms with Crippen LogP contribution in [0.1, 0.15) is 12.0 Å². The number of carbonyl (C=O) groups excluding carboxylic acids is 1. The molecule has 0 saturated heterocycles. The molecular weight excluding hydrogens is 305 g/mol. The first-order valence-corrected chi connectivity index (χ1v) is 5.47. The number of benzene rings is 1. The molecule has 9 heteroatoms. The zero-order valence-corrected chi connectivity index (χ0v) is 10.5. The van der Waals surface area contributed by atoms with Crippen molar-refractivity contribution in [2.75, 3.05) is 0 Å². The molecule has 0 unspecified atom stereocenters. The molecular formula is C11H8ClF3O5. The van der Waals surface area contributed by atoms with Crippen molar-refractivity contribution in [1.29, 1.82) is 0 Å². The maximum absolute atomic E-state index is 12.1. The standard InChI is InChI=1S/C11H8ClF3O5/c12-7-2-1-6(3-8(7)20-11(13,14)15)5-19-10(18)4-9(16)17/h1-3H,4-5H2,(H,16,17). The van der Waals surface area contributed by atoms with E-state index >= 15 is 0 Å². The van der Waals surface area contributed by atoms with Crippen LogP contribution in [0.15, 0.2) is 18.2 Å². The molecule has 0 amide bonds. The fourth-order valence-electron chi connectivity index (χ4n) is 1.18. The maximum atomic E-state index is 12.1. The Hall–Kier alpha value is -1.96. The molecule has 0 atom stereocenters. The van der Waals surface area contributed by atoms with Gasteiger partial charge in [0.05, 0.1) is 5.02 Å². The molecule has 1 aromatic carbocycles. The lowest BCUT2D eigenvalue weighted by atomic mass is 10.2. The van der Waals surface area contributed by atoms with E-state index in [0.717, 1.165) is 12.1 Å². The Bertz CT molecular complexity index is 515. The lowest BCUT2D eigenvalue weighted by Crippen LogP contribution is -2.17. The average molecular weight is 313 g/mol. The molecule has 1 N–H and O–H groups in total. The summed E-state index contributed by atoms with van der Waals surface area (Å²) in [6.45, 7) is -0.391. The number of hydrogen-bond donors (Lipinski definition) is 1. The van der Waals surface area contributed by atoms with E-state index in [9.17, 15) is 22.8 Å². The fourth-order valence-corrected chi connectivity index (χ4v) is 1.33. The minimum Gasteiger partial charge on any atom is -0.481 e. The van der Waals surface area contributed by atoms with E-state index in [4.69, 9.17) is 16.7 Å². The quantitative estimate of drug-likeness (QED) is 0.668. The molecule has 0 heterocycles. The van der Waals surface area contributed by atoms with Gasteiger partial charge in [-0.25, -0.2) is 0 Å². The van der Waals surface area contributed by atoms with Crippen LogP contribution in [0.3, 0.4) is 0 Å². The van der Waals surface area contributed by atoms with Gasteiger partial charge in [0.15, 0.2) is 0 Å². The molecule has 0 aliphatic carbocycles. The third-order valence-corrected chi connectivity index (χ3v) is 2.23. The molecule has 0 fully saturated rings. The highest BCUT2D eigenvalue weighted by Gasteiger charge is 2.32. The van der Waals surface area contributed by atoms with Crippen LogP contribution in [-0.2, 0) is 20.9 Å². The molecule has 0 aliphatic heterocycles. The Morgan fingerprint density at radius 2 is 1.95 bits per heavy atom. The van der Waals surface area contributed by atoms with Gasteiger partial charge in [-0.1, -0.05) is 17.7 Å². The Labute approximate surface area is 115 Å². The van der Waals surface area contributed by atoms with Crippen LogP contribution in [0.2, 0.25) is 5.02 Å². The summed E-state index contributed by atoms with van der Waals surface area (Å²) >= 11 is 5.52. The predicted octanol–water partition coefficient (Wildman–Crippen LogP) is 2.76. The molecule has 0 bridgehead atoms. The van der Waals surface area contributed by atoms with Gasteiger partial charge >= 0.3 is 18.3 Å². The van der Waals surface area contributed by atoms with Crippen molar-refractivity contribution in [2.24, 2.45) is 0 Å². The SMILES string of the molecule is O=C(O)CC(=O)OCc1ccc(Cl)c(OC(F)(F)F)c1. The van der Waals surface area contributed by atoms with Crippen molar-refractivity contribution < 1.29 is 37.3 Å². The molecule has 5 nitrogen and oxygen atoms in total. The summed E-state index contributed by atoms with van der Waals surface area (Å²) in [4.78, 5) is 21.2.